The first-order valence-electron chi connectivity index (χ1n) is 6.02. The van der Waals surface area contributed by atoms with Crippen molar-refractivity contribution in [2.75, 3.05) is 17.6 Å². The molecule has 2 aromatic rings. The standard InChI is InChI=1S/C14H18N2OS/c1-10-4-6-13(7-5-10)15-8-9-18-14-16-11(2)12(3)17-14/h4-7,15H,8-9H2,1-3H3. The van der Waals surface area contributed by atoms with Gasteiger partial charge in [-0.25, -0.2) is 4.98 Å². The summed E-state index contributed by atoms with van der Waals surface area (Å²) < 4.78 is 5.51. The minimum atomic E-state index is 0.760. The molecule has 0 radical (unpaired) electrons. The highest BCUT2D eigenvalue weighted by Gasteiger charge is 2.05. The minimum absolute atomic E-state index is 0.760. The zero-order chi connectivity index (χ0) is 13.0. The summed E-state index contributed by atoms with van der Waals surface area (Å²) in [6.07, 6.45) is 0. The molecule has 3 nitrogen and oxygen atoms in total. The largest absolute Gasteiger partial charge is 0.437 e. The molecule has 0 spiro atoms. The Kier molecular flexibility index (Phi) is 4.31. The van der Waals surface area contributed by atoms with E-state index in [-0.39, 0.29) is 0 Å². The quantitative estimate of drug-likeness (QED) is 0.657. The van der Waals surface area contributed by atoms with Gasteiger partial charge in [0, 0.05) is 18.0 Å². The van der Waals surface area contributed by atoms with Gasteiger partial charge in [-0.15, -0.1) is 0 Å². The number of nitrogens with zero attached hydrogens (tertiary/aromatic N) is 1. The van der Waals surface area contributed by atoms with Gasteiger partial charge in [-0.1, -0.05) is 29.5 Å². The predicted octanol–water partition coefficient (Wildman–Crippen LogP) is 3.80. The molecule has 0 amide bonds. The number of hydrogen-bond acceptors (Lipinski definition) is 4. The second-order valence-electron chi connectivity index (χ2n) is 4.26. The Hall–Kier alpha value is -1.42. The van der Waals surface area contributed by atoms with Crippen LogP contribution in [0.5, 0.6) is 0 Å². The molecular formula is C14H18N2OS. The fraction of sp³-hybridized carbons (Fsp3) is 0.357. The Morgan fingerprint density at radius 1 is 1.17 bits per heavy atom. The predicted molar refractivity (Wildman–Crippen MR) is 76.4 cm³/mol. The van der Waals surface area contributed by atoms with E-state index in [4.69, 9.17) is 4.42 Å². The summed E-state index contributed by atoms with van der Waals surface area (Å²) in [6.45, 7) is 6.89. The average Bonchev–Trinajstić information content (AvgIpc) is 2.67. The fourth-order valence-corrected chi connectivity index (χ4v) is 2.27. The van der Waals surface area contributed by atoms with Crippen LogP contribution >= 0.6 is 11.8 Å². The highest BCUT2D eigenvalue weighted by molar-refractivity contribution is 7.99. The summed E-state index contributed by atoms with van der Waals surface area (Å²) in [6, 6.07) is 8.41. The summed E-state index contributed by atoms with van der Waals surface area (Å²) in [5.41, 5.74) is 3.41. The summed E-state index contributed by atoms with van der Waals surface area (Å²) in [7, 11) is 0. The van der Waals surface area contributed by atoms with E-state index < -0.39 is 0 Å². The van der Waals surface area contributed by atoms with Gasteiger partial charge in [-0.2, -0.15) is 0 Å². The highest BCUT2D eigenvalue weighted by Crippen LogP contribution is 2.19. The number of benzene rings is 1. The van der Waals surface area contributed by atoms with Crippen molar-refractivity contribution in [3.05, 3.63) is 41.3 Å². The van der Waals surface area contributed by atoms with Gasteiger partial charge in [0.15, 0.2) is 0 Å². The maximum Gasteiger partial charge on any atom is 0.256 e. The lowest BCUT2D eigenvalue weighted by molar-refractivity contribution is 0.431. The maximum absolute atomic E-state index is 5.51. The molecule has 96 valence electrons. The maximum atomic E-state index is 5.51. The van der Waals surface area contributed by atoms with Crippen LogP contribution < -0.4 is 5.32 Å². The summed E-state index contributed by atoms with van der Waals surface area (Å²) in [5, 5.41) is 4.13. The molecule has 0 saturated carbocycles. The number of aromatic nitrogens is 1. The fourth-order valence-electron chi connectivity index (χ4n) is 1.51. The van der Waals surface area contributed by atoms with Crippen LogP contribution in [0.3, 0.4) is 0 Å². The van der Waals surface area contributed by atoms with Crippen LogP contribution in [-0.4, -0.2) is 17.3 Å². The van der Waals surface area contributed by atoms with Gasteiger partial charge in [-0.05, 0) is 32.9 Å². The van der Waals surface area contributed by atoms with E-state index in [1.165, 1.54) is 5.56 Å². The number of aryl methyl sites for hydroxylation is 3. The van der Waals surface area contributed by atoms with Crippen LogP contribution in [-0.2, 0) is 0 Å². The minimum Gasteiger partial charge on any atom is -0.437 e. The lowest BCUT2D eigenvalue weighted by Gasteiger charge is -2.05. The zero-order valence-electron chi connectivity index (χ0n) is 11.0. The molecule has 1 heterocycles. The van der Waals surface area contributed by atoms with Gasteiger partial charge < -0.3 is 9.73 Å². The van der Waals surface area contributed by atoms with E-state index in [9.17, 15) is 0 Å². The second-order valence-corrected chi connectivity index (χ2v) is 5.31. The molecule has 0 saturated heterocycles. The third-order valence-corrected chi connectivity index (χ3v) is 3.55. The summed E-state index contributed by atoms with van der Waals surface area (Å²) >= 11 is 1.64. The van der Waals surface area contributed by atoms with Crippen molar-refractivity contribution >= 4 is 17.4 Å². The number of rotatable bonds is 5. The van der Waals surface area contributed by atoms with Crippen LogP contribution in [0.1, 0.15) is 17.0 Å². The zero-order valence-corrected chi connectivity index (χ0v) is 11.8. The first kappa shape index (κ1) is 13.0. The number of thioether (sulfide) groups is 1. The molecule has 0 aliphatic rings. The molecule has 18 heavy (non-hydrogen) atoms. The van der Waals surface area contributed by atoms with Crippen molar-refractivity contribution < 1.29 is 4.42 Å². The Bertz CT molecular complexity index is 486. The monoisotopic (exact) mass is 262 g/mol. The van der Waals surface area contributed by atoms with E-state index >= 15 is 0 Å². The molecular weight excluding hydrogens is 244 g/mol. The summed E-state index contributed by atoms with van der Waals surface area (Å²) in [5.74, 6) is 1.84. The molecule has 1 aromatic heterocycles. The van der Waals surface area contributed by atoms with Crippen molar-refractivity contribution in [1.82, 2.24) is 4.98 Å². The Labute approximate surface area is 112 Å². The van der Waals surface area contributed by atoms with Crippen molar-refractivity contribution in [1.29, 1.82) is 0 Å². The van der Waals surface area contributed by atoms with Crippen LogP contribution in [0.15, 0.2) is 33.9 Å². The highest BCUT2D eigenvalue weighted by atomic mass is 32.2. The van der Waals surface area contributed by atoms with Crippen LogP contribution in [0, 0.1) is 20.8 Å². The van der Waals surface area contributed by atoms with Gasteiger partial charge in [-0.3, -0.25) is 0 Å². The third kappa shape index (κ3) is 3.53. The third-order valence-electron chi connectivity index (χ3n) is 2.72. The molecule has 0 unspecified atom stereocenters. The molecule has 0 aliphatic heterocycles. The topological polar surface area (TPSA) is 38.1 Å². The summed E-state index contributed by atoms with van der Waals surface area (Å²) in [4.78, 5) is 4.33. The Morgan fingerprint density at radius 2 is 1.89 bits per heavy atom. The molecule has 4 heteroatoms. The molecule has 0 fully saturated rings. The number of nitrogens with one attached hydrogen (secondary N) is 1. The van der Waals surface area contributed by atoms with E-state index in [1.807, 2.05) is 13.8 Å². The second kappa shape index (κ2) is 5.96. The van der Waals surface area contributed by atoms with Gasteiger partial charge in [0.1, 0.15) is 5.76 Å². The van der Waals surface area contributed by atoms with Crippen LogP contribution in [0.25, 0.3) is 0 Å². The molecule has 2 rings (SSSR count). The van der Waals surface area contributed by atoms with E-state index in [2.05, 4.69) is 41.5 Å². The van der Waals surface area contributed by atoms with E-state index in [1.54, 1.807) is 11.8 Å². The van der Waals surface area contributed by atoms with Crippen LogP contribution in [0.2, 0.25) is 0 Å². The molecule has 0 aliphatic carbocycles. The van der Waals surface area contributed by atoms with Gasteiger partial charge in [0.05, 0.1) is 5.69 Å². The van der Waals surface area contributed by atoms with Crippen molar-refractivity contribution in [2.45, 2.75) is 26.0 Å². The molecule has 1 N–H and O–H groups in total. The lowest BCUT2D eigenvalue weighted by atomic mass is 10.2. The first-order chi connectivity index (χ1) is 8.65. The normalized spacial score (nSPS) is 10.6. The SMILES string of the molecule is Cc1ccc(NCCSc2nc(C)c(C)o2)cc1. The molecule has 0 atom stereocenters. The van der Waals surface area contributed by atoms with E-state index in [0.717, 1.165) is 34.7 Å². The Balaban J connectivity index is 1.74. The van der Waals surface area contributed by atoms with Gasteiger partial charge in [0.2, 0.25) is 0 Å². The number of hydrogen-bond donors (Lipinski definition) is 1. The smallest absolute Gasteiger partial charge is 0.256 e. The van der Waals surface area contributed by atoms with Gasteiger partial charge >= 0.3 is 0 Å². The average molecular weight is 262 g/mol. The van der Waals surface area contributed by atoms with Crippen molar-refractivity contribution in [3.63, 3.8) is 0 Å². The Morgan fingerprint density at radius 3 is 2.50 bits per heavy atom. The number of anilines is 1. The molecule has 0 bridgehead atoms. The van der Waals surface area contributed by atoms with Gasteiger partial charge in [0.25, 0.3) is 5.22 Å². The van der Waals surface area contributed by atoms with Crippen molar-refractivity contribution in [2.24, 2.45) is 0 Å². The molecule has 1 aromatic carbocycles. The van der Waals surface area contributed by atoms with E-state index in [0.29, 0.717) is 0 Å². The lowest BCUT2D eigenvalue weighted by Crippen LogP contribution is -2.03. The van der Waals surface area contributed by atoms with Crippen molar-refractivity contribution in [3.8, 4) is 0 Å². The van der Waals surface area contributed by atoms with Crippen LogP contribution in [0.4, 0.5) is 5.69 Å². The first-order valence-corrected chi connectivity index (χ1v) is 7.01. The number of oxazole rings is 1.